The molecule has 2 nitrogen and oxygen atoms in total. The van der Waals surface area contributed by atoms with E-state index in [2.05, 4.69) is 5.11 Å². The van der Waals surface area contributed by atoms with Crippen LogP contribution in [0.3, 0.4) is 0 Å². The fourth-order valence-electron chi connectivity index (χ4n) is 1.56. The molecule has 58 valence electrons. The van der Waals surface area contributed by atoms with E-state index in [1.165, 1.54) is 32.1 Å². The van der Waals surface area contributed by atoms with Gasteiger partial charge in [0.15, 0.2) is 0 Å². The molecule has 0 aliphatic heterocycles. The van der Waals surface area contributed by atoms with Gasteiger partial charge in [-0.25, -0.2) is 5.53 Å². The van der Waals surface area contributed by atoms with Gasteiger partial charge in [0.1, 0.15) is 0 Å². The second-order valence-electron chi connectivity index (χ2n) is 3.13. The van der Waals surface area contributed by atoms with E-state index in [0.29, 0.717) is 6.04 Å². The van der Waals surface area contributed by atoms with Gasteiger partial charge < -0.3 is 0 Å². The molecule has 0 bridgehead atoms. The molecule has 2 heteroatoms. The summed E-state index contributed by atoms with van der Waals surface area (Å²) in [5.41, 5.74) is 6.89. The van der Waals surface area contributed by atoms with Crippen molar-refractivity contribution in [2.24, 2.45) is 5.11 Å². The first-order valence-electron chi connectivity index (χ1n) is 4.30. The molecule has 1 rings (SSSR count). The maximum atomic E-state index is 6.89. The molecule has 0 saturated heterocycles. The zero-order valence-electron chi connectivity index (χ0n) is 6.47. The number of hydrogen-bond donors (Lipinski definition) is 1. The molecule has 0 aromatic heterocycles. The van der Waals surface area contributed by atoms with Crippen LogP contribution in [0, 0.1) is 5.53 Å². The smallest absolute Gasteiger partial charge is 0.0705 e. The Morgan fingerprint density at radius 2 is 1.40 bits per heavy atom. The van der Waals surface area contributed by atoms with E-state index < -0.39 is 0 Å². The number of rotatable bonds is 1. The second-order valence-corrected chi connectivity index (χ2v) is 3.13. The Kier molecular flexibility index (Phi) is 3.41. The molecule has 0 amide bonds. The third-order valence-corrected chi connectivity index (χ3v) is 2.26. The maximum absolute atomic E-state index is 6.89. The minimum atomic E-state index is 0.361. The summed E-state index contributed by atoms with van der Waals surface area (Å²) in [6.45, 7) is 0. The van der Waals surface area contributed by atoms with Crippen LogP contribution in [0.15, 0.2) is 5.11 Å². The molecule has 0 heterocycles. The van der Waals surface area contributed by atoms with Crippen molar-refractivity contribution < 1.29 is 0 Å². The minimum Gasteiger partial charge on any atom is -0.210 e. The monoisotopic (exact) mass is 140 g/mol. The lowest BCUT2D eigenvalue weighted by Crippen LogP contribution is -2.05. The molecule has 1 aliphatic rings. The van der Waals surface area contributed by atoms with Gasteiger partial charge in [-0.1, -0.05) is 32.1 Å². The van der Waals surface area contributed by atoms with Crippen molar-refractivity contribution >= 4 is 0 Å². The van der Waals surface area contributed by atoms with E-state index in [9.17, 15) is 0 Å². The van der Waals surface area contributed by atoms with Crippen LogP contribution in [-0.2, 0) is 0 Å². The molecule has 1 N–H and O–H groups in total. The van der Waals surface area contributed by atoms with Gasteiger partial charge in [0.25, 0.3) is 0 Å². The summed E-state index contributed by atoms with van der Waals surface area (Å²) in [5, 5.41) is 3.60. The van der Waals surface area contributed by atoms with E-state index in [1.54, 1.807) is 0 Å². The largest absolute Gasteiger partial charge is 0.210 e. The third-order valence-electron chi connectivity index (χ3n) is 2.26. The Hall–Kier alpha value is -0.400. The summed E-state index contributed by atoms with van der Waals surface area (Å²) in [4.78, 5) is 0. The van der Waals surface area contributed by atoms with Gasteiger partial charge in [0.05, 0.1) is 6.04 Å². The number of hydrogen-bond acceptors (Lipinski definition) is 2. The Labute approximate surface area is 62.5 Å². The first-order chi connectivity index (χ1) is 4.93. The Morgan fingerprint density at radius 3 is 1.90 bits per heavy atom. The van der Waals surface area contributed by atoms with E-state index in [0.717, 1.165) is 12.8 Å². The van der Waals surface area contributed by atoms with Crippen LogP contribution >= 0.6 is 0 Å². The Balaban J connectivity index is 2.22. The fraction of sp³-hybridized carbons (Fsp3) is 1.00. The van der Waals surface area contributed by atoms with E-state index in [4.69, 9.17) is 5.53 Å². The van der Waals surface area contributed by atoms with Crippen LogP contribution in [0.2, 0.25) is 0 Å². The van der Waals surface area contributed by atoms with Crippen molar-refractivity contribution in [3.8, 4) is 0 Å². The predicted molar refractivity (Wildman–Crippen MR) is 41.3 cm³/mol. The Morgan fingerprint density at radius 1 is 0.900 bits per heavy atom. The van der Waals surface area contributed by atoms with Crippen LogP contribution < -0.4 is 0 Å². The van der Waals surface area contributed by atoms with Crippen molar-refractivity contribution in [2.75, 3.05) is 0 Å². The first kappa shape index (κ1) is 7.70. The summed E-state index contributed by atoms with van der Waals surface area (Å²) in [5.74, 6) is 0. The summed E-state index contributed by atoms with van der Waals surface area (Å²) >= 11 is 0. The molecular weight excluding hydrogens is 124 g/mol. The van der Waals surface area contributed by atoms with E-state index in [-0.39, 0.29) is 0 Å². The normalized spacial score (nSPS) is 23.2. The fourth-order valence-corrected chi connectivity index (χ4v) is 1.56. The third kappa shape index (κ3) is 2.46. The van der Waals surface area contributed by atoms with Gasteiger partial charge in [-0.05, 0) is 12.8 Å². The van der Waals surface area contributed by atoms with Gasteiger partial charge in [-0.3, -0.25) is 0 Å². The van der Waals surface area contributed by atoms with Crippen LogP contribution in [0.25, 0.3) is 0 Å². The van der Waals surface area contributed by atoms with Crippen molar-refractivity contribution in [1.82, 2.24) is 0 Å². The van der Waals surface area contributed by atoms with Crippen LogP contribution in [0.5, 0.6) is 0 Å². The lowest BCUT2D eigenvalue weighted by Gasteiger charge is -2.13. The molecule has 1 saturated carbocycles. The maximum Gasteiger partial charge on any atom is 0.0705 e. The van der Waals surface area contributed by atoms with Crippen LogP contribution in [0.4, 0.5) is 0 Å². The highest BCUT2D eigenvalue weighted by molar-refractivity contribution is 4.66. The molecule has 10 heavy (non-hydrogen) atoms. The topological polar surface area (TPSA) is 36.2 Å². The highest BCUT2D eigenvalue weighted by Crippen LogP contribution is 2.18. The molecule has 0 unspecified atom stereocenters. The van der Waals surface area contributed by atoms with Crippen molar-refractivity contribution in [3.05, 3.63) is 0 Å². The van der Waals surface area contributed by atoms with Crippen LogP contribution in [-0.4, -0.2) is 6.04 Å². The lowest BCUT2D eigenvalue weighted by atomic mass is 9.97. The molecule has 0 spiro atoms. The summed E-state index contributed by atoms with van der Waals surface area (Å²) < 4.78 is 0. The lowest BCUT2D eigenvalue weighted by molar-refractivity contribution is 0.440. The molecule has 0 atom stereocenters. The summed E-state index contributed by atoms with van der Waals surface area (Å²) in [6.07, 6.45) is 8.98. The quantitative estimate of drug-likeness (QED) is 0.543. The molecule has 0 radical (unpaired) electrons. The number of nitrogens with one attached hydrogen (secondary N) is 1. The Bertz CT molecular complexity index is 93.4. The molecule has 1 fully saturated rings. The highest BCUT2D eigenvalue weighted by Gasteiger charge is 2.08. The molecule has 0 aromatic carbocycles. The zero-order valence-corrected chi connectivity index (χ0v) is 6.47. The van der Waals surface area contributed by atoms with Gasteiger partial charge in [-0.15, -0.1) is 0 Å². The van der Waals surface area contributed by atoms with Crippen molar-refractivity contribution in [1.29, 1.82) is 5.53 Å². The average Bonchev–Trinajstić information content (AvgIpc) is 1.87. The molecule has 0 aromatic rings. The summed E-state index contributed by atoms with van der Waals surface area (Å²) in [6, 6.07) is 0.361. The highest BCUT2D eigenvalue weighted by atomic mass is 15.0. The van der Waals surface area contributed by atoms with Crippen LogP contribution in [0.1, 0.15) is 44.9 Å². The van der Waals surface area contributed by atoms with Crippen molar-refractivity contribution in [3.63, 3.8) is 0 Å². The van der Waals surface area contributed by atoms with Gasteiger partial charge in [0, 0.05) is 0 Å². The zero-order chi connectivity index (χ0) is 7.23. The summed E-state index contributed by atoms with van der Waals surface area (Å²) in [7, 11) is 0. The predicted octanol–water partition coefficient (Wildman–Crippen LogP) is 3.13. The van der Waals surface area contributed by atoms with Gasteiger partial charge in [-0.2, -0.15) is 5.11 Å². The average molecular weight is 140 g/mol. The molecule has 1 aliphatic carbocycles. The minimum absolute atomic E-state index is 0.361. The SMILES string of the molecule is N=NC1CCCCCCC1. The van der Waals surface area contributed by atoms with E-state index in [1.807, 2.05) is 0 Å². The second kappa shape index (κ2) is 4.42. The molecular formula is C8H16N2. The number of nitrogens with zero attached hydrogens (tertiary/aromatic N) is 1. The van der Waals surface area contributed by atoms with Gasteiger partial charge in [0.2, 0.25) is 0 Å². The van der Waals surface area contributed by atoms with E-state index >= 15 is 0 Å². The van der Waals surface area contributed by atoms with Crippen molar-refractivity contribution in [2.45, 2.75) is 51.0 Å². The standard InChI is InChI=1S/C8H16N2/c9-10-8-6-4-2-1-3-5-7-8/h8-9H,1-7H2. The first-order valence-corrected chi connectivity index (χ1v) is 4.30. The van der Waals surface area contributed by atoms with Gasteiger partial charge >= 0.3 is 0 Å².